The van der Waals surface area contributed by atoms with E-state index in [0.29, 0.717) is 13.0 Å². The van der Waals surface area contributed by atoms with E-state index in [0.717, 1.165) is 44.1 Å². The molecule has 0 saturated carbocycles. The molecule has 9 heteroatoms. The van der Waals surface area contributed by atoms with E-state index in [1.807, 2.05) is 0 Å². The zero-order chi connectivity index (χ0) is 34.9. The van der Waals surface area contributed by atoms with Gasteiger partial charge in [-0.3, -0.25) is 18.2 Å². The van der Waals surface area contributed by atoms with Gasteiger partial charge in [0, 0.05) is 6.42 Å². The lowest BCUT2D eigenvalue weighted by molar-refractivity contribution is -0.813. The molecule has 47 heavy (non-hydrogen) atoms. The summed E-state index contributed by atoms with van der Waals surface area (Å²) < 4.78 is 30.6. The summed E-state index contributed by atoms with van der Waals surface area (Å²) in [5.41, 5.74) is 0. The van der Waals surface area contributed by atoms with Gasteiger partial charge in [-0.25, -0.2) is 4.99 Å². The van der Waals surface area contributed by atoms with Crippen LogP contribution < -0.4 is 5.11 Å². The molecule has 0 aromatic carbocycles. The summed E-state index contributed by atoms with van der Waals surface area (Å²) in [6.07, 6.45) is 37.4. The highest BCUT2D eigenvalue weighted by Gasteiger charge is 2.32. The van der Waals surface area contributed by atoms with Gasteiger partial charge in [0.05, 0.1) is 27.2 Å². The van der Waals surface area contributed by atoms with Crippen molar-refractivity contribution in [1.29, 1.82) is 0 Å². The van der Waals surface area contributed by atoms with Crippen LogP contribution in [0.1, 0.15) is 194 Å². The summed E-state index contributed by atoms with van der Waals surface area (Å²) in [5, 5.41) is 12.3. The fourth-order valence-electron chi connectivity index (χ4n) is 6.36. The Balaban J connectivity index is 0.00000320. The quantitative estimate of drug-likeness (QED) is 0.0249. The molecule has 1 aliphatic heterocycles. The highest BCUT2D eigenvalue weighted by molar-refractivity contribution is 7.80. The Labute approximate surface area is 292 Å². The standard InChI is InChI=1S/C37H73N3O.CH4O4S/c1-4-6-8-10-12-14-16-18-20-22-24-26-28-30-36-38-32-34-40(36,3)35-33-39-37(41)31-29-27-25-23-21-19-17-15-13-11-9-7-5-2;1-5-6(2,3)4/h4-35H2,1-3H3;1H3,(H,2,3,4). The molecule has 280 valence electrons. The number of nitrogens with zero attached hydrogens (tertiary/aromatic N) is 3. The summed E-state index contributed by atoms with van der Waals surface area (Å²) in [6, 6.07) is 0. The molecule has 1 N–H and O–H groups in total. The minimum Gasteiger partial charge on any atom is -0.862 e. The van der Waals surface area contributed by atoms with Gasteiger partial charge in [-0.1, -0.05) is 168 Å². The van der Waals surface area contributed by atoms with E-state index >= 15 is 0 Å². The number of hydrogen-bond donors (Lipinski definition) is 1. The lowest BCUT2D eigenvalue weighted by atomic mass is 10.0. The van der Waals surface area contributed by atoms with E-state index in [9.17, 15) is 13.5 Å². The van der Waals surface area contributed by atoms with Gasteiger partial charge in [-0.15, -0.1) is 0 Å². The average molecular weight is 688 g/mol. The van der Waals surface area contributed by atoms with Crippen LogP contribution in [0.2, 0.25) is 0 Å². The maximum absolute atomic E-state index is 12.3. The Bertz CT molecular complexity index is 865. The molecule has 0 radical (unpaired) electrons. The Kier molecular flexibility index (Phi) is 31.5. The zero-order valence-electron chi connectivity index (χ0n) is 31.5. The maximum atomic E-state index is 12.3. The summed E-state index contributed by atoms with van der Waals surface area (Å²) in [7, 11) is -0.986. The number of aliphatic imine (C=N–C) groups is 2. The molecule has 1 atom stereocenters. The predicted octanol–water partition coefficient (Wildman–Crippen LogP) is 10.0. The first-order chi connectivity index (χ1) is 22.7. The van der Waals surface area contributed by atoms with Crippen molar-refractivity contribution in [1.82, 2.24) is 0 Å². The predicted molar refractivity (Wildman–Crippen MR) is 200 cm³/mol. The van der Waals surface area contributed by atoms with Gasteiger partial charge in [0.1, 0.15) is 13.1 Å². The van der Waals surface area contributed by atoms with Crippen LogP contribution in [0.15, 0.2) is 9.98 Å². The Morgan fingerprint density at radius 3 is 1.47 bits per heavy atom. The van der Waals surface area contributed by atoms with E-state index in [1.54, 1.807) is 0 Å². The second-order valence-electron chi connectivity index (χ2n) is 14.0. The van der Waals surface area contributed by atoms with Gasteiger partial charge < -0.3 is 5.11 Å². The monoisotopic (exact) mass is 688 g/mol. The van der Waals surface area contributed by atoms with Crippen LogP contribution in [0, 0.1) is 0 Å². The molecule has 0 bridgehead atoms. The molecule has 0 aliphatic carbocycles. The van der Waals surface area contributed by atoms with Crippen molar-refractivity contribution in [2.45, 2.75) is 194 Å². The summed E-state index contributed by atoms with van der Waals surface area (Å²) in [4.78, 5) is 9.28. The lowest BCUT2D eigenvalue weighted by Crippen LogP contribution is -2.48. The van der Waals surface area contributed by atoms with Crippen LogP contribution >= 0.6 is 0 Å². The maximum Gasteiger partial charge on any atom is 0.397 e. The molecule has 1 heterocycles. The Morgan fingerprint density at radius 2 is 1.09 bits per heavy atom. The number of hydrogen-bond acceptors (Lipinski definition) is 6. The van der Waals surface area contributed by atoms with Gasteiger partial charge in [-0.2, -0.15) is 8.42 Å². The molecule has 8 nitrogen and oxygen atoms in total. The molecule has 0 fully saturated rings. The van der Waals surface area contributed by atoms with Crippen molar-refractivity contribution in [2.75, 3.05) is 40.3 Å². The molecular formula is C38H77N3O5S. The van der Waals surface area contributed by atoms with Gasteiger partial charge in [0.25, 0.3) is 0 Å². The highest BCUT2D eigenvalue weighted by atomic mass is 32.3. The minimum atomic E-state index is -4.16. The fourth-order valence-corrected chi connectivity index (χ4v) is 6.36. The largest absolute Gasteiger partial charge is 0.862 e. The first-order valence-electron chi connectivity index (χ1n) is 19.8. The van der Waals surface area contributed by atoms with Gasteiger partial charge in [-0.05, 0) is 25.2 Å². The van der Waals surface area contributed by atoms with Crippen LogP contribution in [0.5, 0.6) is 0 Å². The van der Waals surface area contributed by atoms with Crippen LogP contribution in [0.4, 0.5) is 0 Å². The van der Waals surface area contributed by atoms with Gasteiger partial charge >= 0.3 is 10.4 Å². The summed E-state index contributed by atoms with van der Waals surface area (Å²) >= 11 is 0. The first kappa shape index (κ1) is 46.0. The highest BCUT2D eigenvalue weighted by Crippen LogP contribution is 2.19. The van der Waals surface area contributed by atoms with Gasteiger partial charge in [0.2, 0.25) is 0 Å². The molecule has 1 unspecified atom stereocenters. The molecule has 0 spiro atoms. The number of quaternary nitrogens is 1. The van der Waals surface area contributed by atoms with Crippen molar-refractivity contribution in [2.24, 2.45) is 9.98 Å². The second kappa shape index (κ2) is 32.2. The van der Waals surface area contributed by atoms with Crippen LogP contribution in [0.3, 0.4) is 0 Å². The molecule has 0 saturated heterocycles. The number of rotatable bonds is 32. The topological polar surface area (TPSA) is 111 Å². The van der Waals surface area contributed by atoms with Crippen molar-refractivity contribution in [3.05, 3.63) is 0 Å². The summed E-state index contributed by atoms with van der Waals surface area (Å²) in [6.45, 7) is 8.19. The van der Waals surface area contributed by atoms with E-state index in [2.05, 4.69) is 30.1 Å². The first-order valence-corrected chi connectivity index (χ1v) is 21.2. The second-order valence-corrected chi connectivity index (χ2v) is 15.2. The van der Waals surface area contributed by atoms with E-state index < -0.39 is 10.4 Å². The van der Waals surface area contributed by atoms with Crippen LogP contribution in [0.25, 0.3) is 0 Å². The van der Waals surface area contributed by atoms with Gasteiger partial charge in [0.15, 0.2) is 5.84 Å². The van der Waals surface area contributed by atoms with Crippen LogP contribution in [-0.4, -0.2) is 69.5 Å². The minimum absolute atomic E-state index is 0.119. The number of amidine groups is 1. The van der Waals surface area contributed by atoms with Crippen molar-refractivity contribution in [3.63, 3.8) is 0 Å². The normalized spacial score (nSPS) is 16.7. The molecular weight excluding hydrogens is 611 g/mol. The zero-order valence-corrected chi connectivity index (χ0v) is 32.3. The van der Waals surface area contributed by atoms with Crippen molar-refractivity contribution in [3.8, 4) is 0 Å². The molecule has 1 aliphatic rings. The lowest BCUT2D eigenvalue weighted by Gasteiger charge is -2.30. The third-order valence-corrected chi connectivity index (χ3v) is 10.0. The SMILES string of the molecule is CCCCCCCCCCCCCCCC([O-])=NCC[N+]1(C)CCN=C1CCCCCCCCCCCCCCC.COS(=O)(=O)O. The molecule has 1 rings (SSSR count). The average Bonchev–Trinajstić information content (AvgIpc) is 3.41. The molecule has 0 aromatic rings. The summed E-state index contributed by atoms with van der Waals surface area (Å²) in [5.74, 6) is 1.47. The van der Waals surface area contributed by atoms with Crippen molar-refractivity contribution < 1.29 is 26.7 Å². The third kappa shape index (κ3) is 30.7. The molecule has 0 amide bonds. The third-order valence-electron chi connectivity index (χ3n) is 9.60. The fraction of sp³-hybridized carbons (Fsp3) is 0.947. The Hall–Kier alpha value is -1.03. The van der Waals surface area contributed by atoms with E-state index in [4.69, 9.17) is 9.55 Å². The molecule has 0 aromatic heterocycles. The van der Waals surface area contributed by atoms with Crippen molar-refractivity contribution >= 4 is 22.1 Å². The number of likely N-dealkylation sites (N-methyl/N-ethyl adjacent to an activating group) is 1. The van der Waals surface area contributed by atoms with Crippen LogP contribution in [-0.2, 0) is 14.6 Å². The van der Waals surface area contributed by atoms with E-state index in [1.165, 1.54) is 166 Å². The number of unbranched alkanes of at least 4 members (excludes halogenated alkanes) is 24. The smallest absolute Gasteiger partial charge is 0.397 e. The Morgan fingerprint density at radius 1 is 0.723 bits per heavy atom. The van der Waals surface area contributed by atoms with E-state index in [-0.39, 0.29) is 5.90 Å².